The zero-order chi connectivity index (χ0) is 10.8. The van der Waals surface area contributed by atoms with Gasteiger partial charge in [-0.2, -0.15) is 0 Å². The van der Waals surface area contributed by atoms with E-state index >= 15 is 0 Å². The molecule has 4 heteroatoms. The van der Waals surface area contributed by atoms with E-state index in [1.807, 2.05) is 6.20 Å². The van der Waals surface area contributed by atoms with Crippen molar-refractivity contribution in [3.8, 4) is 0 Å². The molecule has 3 rings (SSSR count). The Hall–Kier alpha value is -1.16. The van der Waals surface area contributed by atoms with Gasteiger partial charge in [-0.3, -0.25) is 0 Å². The van der Waals surface area contributed by atoms with Crippen molar-refractivity contribution < 1.29 is 0 Å². The highest BCUT2D eigenvalue weighted by molar-refractivity contribution is 5.34. The number of anilines is 1. The van der Waals surface area contributed by atoms with E-state index in [0.29, 0.717) is 0 Å². The fraction of sp³-hybridized carbons (Fsp3) is 0.667. The minimum atomic E-state index is 0.933. The highest BCUT2D eigenvalue weighted by Gasteiger charge is 2.16. The molecule has 1 fully saturated rings. The predicted octanol–water partition coefficient (Wildman–Crippen LogP) is 0.765. The van der Waals surface area contributed by atoms with Crippen LogP contribution in [-0.2, 0) is 12.8 Å². The summed E-state index contributed by atoms with van der Waals surface area (Å²) in [7, 11) is 0. The summed E-state index contributed by atoms with van der Waals surface area (Å²) < 4.78 is 0. The Balaban J connectivity index is 1.84. The molecule has 1 aliphatic carbocycles. The van der Waals surface area contributed by atoms with Gasteiger partial charge in [0.05, 0.1) is 0 Å². The van der Waals surface area contributed by atoms with Crippen molar-refractivity contribution in [3.05, 3.63) is 17.5 Å². The molecule has 4 nitrogen and oxygen atoms in total. The van der Waals surface area contributed by atoms with Crippen LogP contribution in [0.15, 0.2) is 6.20 Å². The third-order valence-electron chi connectivity index (χ3n) is 3.45. The average Bonchev–Trinajstić information content (AvgIpc) is 2.39. The van der Waals surface area contributed by atoms with E-state index in [9.17, 15) is 0 Å². The summed E-state index contributed by atoms with van der Waals surface area (Å²) in [6.45, 7) is 4.14. The van der Waals surface area contributed by atoms with E-state index in [2.05, 4.69) is 15.2 Å². The minimum Gasteiger partial charge on any atom is -0.338 e. The van der Waals surface area contributed by atoms with Gasteiger partial charge in [-0.1, -0.05) is 0 Å². The summed E-state index contributed by atoms with van der Waals surface area (Å²) in [5.41, 5.74) is 2.65. The van der Waals surface area contributed by atoms with Crippen molar-refractivity contribution in [1.82, 2.24) is 15.3 Å². The molecule has 86 valence electrons. The van der Waals surface area contributed by atoms with Crippen molar-refractivity contribution in [3.63, 3.8) is 0 Å². The van der Waals surface area contributed by atoms with Gasteiger partial charge in [-0.15, -0.1) is 0 Å². The van der Waals surface area contributed by atoms with Crippen LogP contribution in [-0.4, -0.2) is 36.1 Å². The summed E-state index contributed by atoms with van der Waals surface area (Å²) in [6, 6.07) is 0. The van der Waals surface area contributed by atoms with E-state index in [-0.39, 0.29) is 0 Å². The molecule has 1 aromatic rings. The smallest absolute Gasteiger partial charge is 0.225 e. The Bertz CT molecular complexity index is 371. The number of nitrogens with one attached hydrogen (secondary N) is 1. The largest absolute Gasteiger partial charge is 0.338 e. The van der Waals surface area contributed by atoms with Crippen LogP contribution in [0.3, 0.4) is 0 Å². The molecule has 0 aromatic carbocycles. The molecule has 2 heterocycles. The van der Waals surface area contributed by atoms with Crippen LogP contribution in [0.4, 0.5) is 5.95 Å². The summed E-state index contributed by atoms with van der Waals surface area (Å²) in [5, 5.41) is 3.35. The lowest BCUT2D eigenvalue weighted by Gasteiger charge is -2.28. The van der Waals surface area contributed by atoms with Crippen LogP contribution in [0.2, 0.25) is 0 Å². The second-order valence-corrected chi connectivity index (χ2v) is 4.59. The first kappa shape index (κ1) is 10.0. The molecule has 0 saturated carbocycles. The molecule has 0 spiro atoms. The van der Waals surface area contributed by atoms with E-state index in [4.69, 9.17) is 4.98 Å². The molecule has 1 N–H and O–H groups in total. The second kappa shape index (κ2) is 4.37. The van der Waals surface area contributed by atoms with E-state index in [1.54, 1.807) is 0 Å². The standard InChI is InChI=1S/C12H18N4/c1-2-4-11-10(3-1)9-14-12(15-11)16-7-5-13-6-8-16/h9,13H,1-8H2. The Morgan fingerprint density at radius 2 is 1.94 bits per heavy atom. The Labute approximate surface area is 96.1 Å². The molecule has 1 aliphatic heterocycles. The first-order valence-electron chi connectivity index (χ1n) is 6.24. The third-order valence-corrected chi connectivity index (χ3v) is 3.45. The van der Waals surface area contributed by atoms with E-state index in [1.165, 1.54) is 24.1 Å². The van der Waals surface area contributed by atoms with Crippen molar-refractivity contribution >= 4 is 5.95 Å². The monoisotopic (exact) mass is 218 g/mol. The van der Waals surface area contributed by atoms with Gasteiger partial charge in [0.2, 0.25) is 5.95 Å². The highest BCUT2D eigenvalue weighted by Crippen LogP contribution is 2.20. The number of fused-ring (bicyclic) bond motifs is 1. The first-order chi connectivity index (χ1) is 7.93. The van der Waals surface area contributed by atoms with Crippen LogP contribution >= 0.6 is 0 Å². The summed E-state index contributed by atoms with van der Waals surface area (Å²) in [6.07, 6.45) is 6.92. The van der Waals surface area contributed by atoms with Crippen LogP contribution in [0.25, 0.3) is 0 Å². The Morgan fingerprint density at radius 3 is 2.81 bits per heavy atom. The van der Waals surface area contributed by atoms with Gasteiger partial charge in [0.15, 0.2) is 0 Å². The molecule has 1 aromatic heterocycles. The SMILES string of the molecule is c1nc(N2CCNCC2)nc2c1CCCC2. The van der Waals surface area contributed by atoms with Gasteiger partial charge in [0, 0.05) is 38.1 Å². The van der Waals surface area contributed by atoms with Gasteiger partial charge in [0.1, 0.15) is 0 Å². The summed E-state index contributed by atoms with van der Waals surface area (Å²) in [4.78, 5) is 11.5. The lowest BCUT2D eigenvalue weighted by molar-refractivity contribution is 0.575. The number of hydrogen-bond donors (Lipinski definition) is 1. The summed E-state index contributed by atoms with van der Waals surface area (Å²) >= 11 is 0. The lowest BCUT2D eigenvalue weighted by atomic mass is 9.98. The van der Waals surface area contributed by atoms with Gasteiger partial charge < -0.3 is 10.2 Å². The maximum absolute atomic E-state index is 4.72. The predicted molar refractivity (Wildman–Crippen MR) is 63.8 cm³/mol. The highest BCUT2D eigenvalue weighted by atomic mass is 15.3. The molecule has 0 amide bonds. The zero-order valence-corrected chi connectivity index (χ0v) is 9.58. The number of piperazine rings is 1. The number of aryl methyl sites for hydroxylation is 2. The quantitative estimate of drug-likeness (QED) is 0.756. The minimum absolute atomic E-state index is 0.933. The van der Waals surface area contributed by atoms with Gasteiger partial charge in [-0.25, -0.2) is 9.97 Å². The van der Waals surface area contributed by atoms with Crippen molar-refractivity contribution in [2.45, 2.75) is 25.7 Å². The molecule has 0 radical (unpaired) electrons. The molecule has 0 atom stereocenters. The van der Waals surface area contributed by atoms with Crippen LogP contribution < -0.4 is 10.2 Å². The maximum atomic E-state index is 4.72. The van der Waals surface area contributed by atoms with Crippen molar-refractivity contribution in [1.29, 1.82) is 0 Å². The Morgan fingerprint density at radius 1 is 1.12 bits per heavy atom. The molecule has 2 aliphatic rings. The molecule has 0 bridgehead atoms. The second-order valence-electron chi connectivity index (χ2n) is 4.59. The van der Waals surface area contributed by atoms with Gasteiger partial charge in [-0.05, 0) is 31.2 Å². The fourth-order valence-corrected chi connectivity index (χ4v) is 2.48. The van der Waals surface area contributed by atoms with Crippen LogP contribution in [0.5, 0.6) is 0 Å². The summed E-state index contributed by atoms with van der Waals surface area (Å²) in [5.74, 6) is 0.933. The topological polar surface area (TPSA) is 41.1 Å². The van der Waals surface area contributed by atoms with Crippen LogP contribution in [0.1, 0.15) is 24.1 Å². The number of hydrogen-bond acceptors (Lipinski definition) is 4. The normalized spacial score (nSPS) is 20.6. The third kappa shape index (κ3) is 1.89. The first-order valence-corrected chi connectivity index (χ1v) is 6.24. The molecule has 16 heavy (non-hydrogen) atoms. The van der Waals surface area contributed by atoms with Gasteiger partial charge in [0.25, 0.3) is 0 Å². The van der Waals surface area contributed by atoms with Crippen LogP contribution in [0, 0.1) is 0 Å². The Kier molecular flexibility index (Phi) is 2.74. The van der Waals surface area contributed by atoms with Crippen molar-refractivity contribution in [2.24, 2.45) is 0 Å². The molecular formula is C12H18N4. The van der Waals surface area contributed by atoms with E-state index < -0.39 is 0 Å². The molecule has 0 unspecified atom stereocenters. The number of nitrogens with zero attached hydrogens (tertiary/aromatic N) is 3. The molecule has 1 saturated heterocycles. The van der Waals surface area contributed by atoms with E-state index in [0.717, 1.165) is 45.0 Å². The van der Waals surface area contributed by atoms with Gasteiger partial charge >= 0.3 is 0 Å². The fourth-order valence-electron chi connectivity index (χ4n) is 2.48. The zero-order valence-electron chi connectivity index (χ0n) is 9.58. The number of rotatable bonds is 1. The average molecular weight is 218 g/mol. The maximum Gasteiger partial charge on any atom is 0.225 e. The number of aromatic nitrogens is 2. The lowest BCUT2D eigenvalue weighted by Crippen LogP contribution is -2.44. The molecular weight excluding hydrogens is 200 g/mol. The van der Waals surface area contributed by atoms with Crippen molar-refractivity contribution in [2.75, 3.05) is 31.1 Å².